The lowest BCUT2D eigenvalue weighted by Crippen LogP contribution is -2.48. The van der Waals surface area contributed by atoms with Crippen LogP contribution in [0.4, 0.5) is 11.4 Å². The fourth-order valence-corrected chi connectivity index (χ4v) is 3.79. The van der Waals surface area contributed by atoms with E-state index in [-0.39, 0.29) is 17.6 Å². The van der Waals surface area contributed by atoms with Crippen LogP contribution in [-0.2, 0) is 0 Å². The van der Waals surface area contributed by atoms with Gasteiger partial charge < -0.3 is 20.0 Å². The van der Waals surface area contributed by atoms with Gasteiger partial charge in [-0.25, -0.2) is 0 Å². The Bertz CT molecular complexity index is 1040. The summed E-state index contributed by atoms with van der Waals surface area (Å²) >= 11 is 0. The SMILES string of the molecule is Cc1cccc(N2CCN(CCNC(=O)c3ccc(NC(=O)c4ccco4)cc3)CC2)c1. The van der Waals surface area contributed by atoms with Gasteiger partial charge in [-0.2, -0.15) is 0 Å². The van der Waals surface area contributed by atoms with E-state index in [1.165, 1.54) is 17.5 Å². The van der Waals surface area contributed by atoms with Crippen LogP contribution in [0.3, 0.4) is 0 Å². The monoisotopic (exact) mass is 432 g/mol. The van der Waals surface area contributed by atoms with E-state index in [2.05, 4.69) is 51.6 Å². The van der Waals surface area contributed by atoms with Crippen LogP contribution in [0.25, 0.3) is 0 Å². The van der Waals surface area contributed by atoms with Gasteiger partial charge in [0.05, 0.1) is 6.26 Å². The molecule has 166 valence electrons. The third-order valence-corrected chi connectivity index (χ3v) is 5.60. The van der Waals surface area contributed by atoms with E-state index in [0.29, 0.717) is 17.8 Å². The Morgan fingerprint density at radius 1 is 0.938 bits per heavy atom. The summed E-state index contributed by atoms with van der Waals surface area (Å²) in [6, 6.07) is 18.7. The zero-order chi connectivity index (χ0) is 22.3. The number of carbonyl (C=O) groups is 2. The number of benzene rings is 2. The minimum atomic E-state index is -0.324. The first kappa shape index (κ1) is 21.6. The maximum atomic E-state index is 12.4. The molecule has 1 aromatic heterocycles. The number of amides is 2. The molecule has 7 heteroatoms. The highest BCUT2D eigenvalue weighted by atomic mass is 16.3. The van der Waals surface area contributed by atoms with Crippen molar-refractivity contribution in [3.05, 3.63) is 83.8 Å². The second kappa shape index (κ2) is 10.2. The number of carbonyl (C=O) groups excluding carboxylic acids is 2. The molecule has 32 heavy (non-hydrogen) atoms. The molecule has 0 unspecified atom stereocenters. The molecule has 2 heterocycles. The molecule has 2 N–H and O–H groups in total. The molecule has 0 saturated carbocycles. The second-order valence-corrected chi connectivity index (χ2v) is 7.93. The summed E-state index contributed by atoms with van der Waals surface area (Å²) in [6.07, 6.45) is 1.45. The molecule has 3 aromatic rings. The molecule has 0 spiro atoms. The summed E-state index contributed by atoms with van der Waals surface area (Å²) in [5.74, 6) is -0.200. The molecule has 7 nitrogen and oxygen atoms in total. The quantitative estimate of drug-likeness (QED) is 0.598. The first-order valence-corrected chi connectivity index (χ1v) is 10.9. The number of anilines is 2. The standard InChI is InChI=1S/C25H28N4O3/c1-19-4-2-5-22(18-19)29-15-13-28(14-16-29)12-11-26-24(30)20-7-9-21(10-8-20)27-25(31)23-6-3-17-32-23/h2-10,17-18H,11-16H2,1H3,(H,26,30)(H,27,31). The lowest BCUT2D eigenvalue weighted by Gasteiger charge is -2.36. The number of nitrogens with zero attached hydrogens (tertiary/aromatic N) is 2. The third kappa shape index (κ3) is 5.56. The van der Waals surface area contributed by atoms with Gasteiger partial charge in [-0.1, -0.05) is 12.1 Å². The van der Waals surface area contributed by atoms with Gasteiger partial charge in [-0.3, -0.25) is 14.5 Å². The summed E-state index contributed by atoms with van der Waals surface area (Å²) in [5, 5.41) is 5.72. The molecule has 0 radical (unpaired) electrons. The minimum Gasteiger partial charge on any atom is -0.459 e. The molecule has 1 aliphatic heterocycles. The highest BCUT2D eigenvalue weighted by Gasteiger charge is 2.17. The van der Waals surface area contributed by atoms with E-state index < -0.39 is 0 Å². The van der Waals surface area contributed by atoms with Crippen LogP contribution in [0.5, 0.6) is 0 Å². The predicted octanol–water partition coefficient (Wildman–Crippen LogP) is 3.39. The highest BCUT2D eigenvalue weighted by Crippen LogP contribution is 2.17. The Labute approximate surface area is 188 Å². The van der Waals surface area contributed by atoms with Crippen molar-refractivity contribution in [1.29, 1.82) is 0 Å². The number of piperazine rings is 1. The maximum absolute atomic E-state index is 12.4. The summed E-state index contributed by atoms with van der Waals surface area (Å²) < 4.78 is 5.07. The van der Waals surface area contributed by atoms with Crippen molar-refractivity contribution in [2.24, 2.45) is 0 Å². The van der Waals surface area contributed by atoms with Gasteiger partial charge in [0.2, 0.25) is 0 Å². The van der Waals surface area contributed by atoms with Crippen molar-refractivity contribution < 1.29 is 14.0 Å². The molecule has 2 amide bonds. The average molecular weight is 433 g/mol. The zero-order valence-corrected chi connectivity index (χ0v) is 18.2. The van der Waals surface area contributed by atoms with Gasteiger partial charge in [-0.15, -0.1) is 0 Å². The first-order chi connectivity index (χ1) is 15.6. The smallest absolute Gasteiger partial charge is 0.291 e. The molecule has 0 atom stereocenters. The molecule has 0 aliphatic carbocycles. The van der Waals surface area contributed by atoms with Crippen molar-refractivity contribution in [2.75, 3.05) is 49.5 Å². The molecule has 1 fully saturated rings. The predicted molar refractivity (Wildman–Crippen MR) is 125 cm³/mol. The van der Waals surface area contributed by atoms with Crippen LogP contribution < -0.4 is 15.5 Å². The molecule has 1 saturated heterocycles. The average Bonchev–Trinajstić information content (AvgIpc) is 3.35. The van der Waals surface area contributed by atoms with Gasteiger partial charge in [0, 0.05) is 56.2 Å². The molecule has 4 rings (SSSR count). The van der Waals surface area contributed by atoms with Gasteiger partial charge in [0.15, 0.2) is 5.76 Å². The Kier molecular flexibility index (Phi) is 6.87. The summed E-state index contributed by atoms with van der Waals surface area (Å²) in [7, 11) is 0. The number of hydrogen-bond donors (Lipinski definition) is 2. The van der Waals surface area contributed by atoms with Gasteiger partial charge in [-0.05, 0) is 61.0 Å². The molecule has 2 aromatic carbocycles. The fraction of sp³-hybridized carbons (Fsp3) is 0.280. The second-order valence-electron chi connectivity index (χ2n) is 7.93. The molecular weight excluding hydrogens is 404 g/mol. The third-order valence-electron chi connectivity index (χ3n) is 5.60. The summed E-state index contributed by atoms with van der Waals surface area (Å²) in [4.78, 5) is 29.2. The largest absolute Gasteiger partial charge is 0.459 e. The van der Waals surface area contributed by atoms with E-state index in [1.54, 1.807) is 36.4 Å². The molecule has 1 aliphatic rings. The van der Waals surface area contributed by atoms with Crippen LogP contribution in [0.1, 0.15) is 26.5 Å². The van der Waals surface area contributed by atoms with E-state index in [1.807, 2.05) is 0 Å². The first-order valence-electron chi connectivity index (χ1n) is 10.9. The Hall–Kier alpha value is -3.58. The fourth-order valence-electron chi connectivity index (χ4n) is 3.79. The van der Waals surface area contributed by atoms with E-state index in [4.69, 9.17) is 4.42 Å². The number of furan rings is 1. The van der Waals surface area contributed by atoms with Crippen molar-refractivity contribution >= 4 is 23.2 Å². The Morgan fingerprint density at radius 3 is 2.41 bits per heavy atom. The van der Waals surface area contributed by atoms with Crippen molar-refractivity contribution in [3.63, 3.8) is 0 Å². The number of rotatable bonds is 7. The van der Waals surface area contributed by atoms with E-state index >= 15 is 0 Å². The lowest BCUT2D eigenvalue weighted by molar-refractivity contribution is 0.0947. The molecular formula is C25H28N4O3. The van der Waals surface area contributed by atoms with Gasteiger partial charge >= 0.3 is 0 Å². The minimum absolute atomic E-state index is 0.118. The van der Waals surface area contributed by atoms with Crippen molar-refractivity contribution in [3.8, 4) is 0 Å². The number of nitrogens with one attached hydrogen (secondary N) is 2. The topological polar surface area (TPSA) is 77.8 Å². The van der Waals surface area contributed by atoms with E-state index in [0.717, 1.165) is 32.7 Å². The maximum Gasteiger partial charge on any atom is 0.291 e. The van der Waals surface area contributed by atoms with Gasteiger partial charge in [0.25, 0.3) is 11.8 Å². The highest BCUT2D eigenvalue weighted by molar-refractivity contribution is 6.02. The summed E-state index contributed by atoms with van der Waals surface area (Å²) in [6.45, 7) is 7.48. The number of aryl methyl sites for hydroxylation is 1. The molecule has 0 bridgehead atoms. The number of hydrogen-bond acceptors (Lipinski definition) is 5. The van der Waals surface area contributed by atoms with Gasteiger partial charge in [0.1, 0.15) is 0 Å². The van der Waals surface area contributed by atoms with Crippen LogP contribution in [0.15, 0.2) is 71.3 Å². The van der Waals surface area contributed by atoms with E-state index in [9.17, 15) is 9.59 Å². The van der Waals surface area contributed by atoms with Crippen molar-refractivity contribution in [1.82, 2.24) is 10.2 Å². The normalized spacial score (nSPS) is 14.2. The van der Waals surface area contributed by atoms with Crippen LogP contribution in [-0.4, -0.2) is 56.0 Å². The van der Waals surface area contributed by atoms with Crippen LogP contribution >= 0.6 is 0 Å². The lowest BCUT2D eigenvalue weighted by atomic mass is 10.2. The van der Waals surface area contributed by atoms with Crippen LogP contribution in [0, 0.1) is 6.92 Å². The van der Waals surface area contributed by atoms with Crippen LogP contribution in [0.2, 0.25) is 0 Å². The Balaban J connectivity index is 1.19. The zero-order valence-electron chi connectivity index (χ0n) is 18.2. The summed E-state index contributed by atoms with van der Waals surface area (Å²) in [5.41, 5.74) is 3.72. The van der Waals surface area contributed by atoms with Crippen molar-refractivity contribution in [2.45, 2.75) is 6.92 Å². The Morgan fingerprint density at radius 2 is 1.72 bits per heavy atom.